The molecule has 0 radical (unpaired) electrons. The highest BCUT2D eigenvalue weighted by atomic mass is 35.5. The number of rotatable bonds is 4. The zero-order valence-electron chi connectivity index (χ0n) is 9.49. The Labute approximate surface area is 112 Å². The molecular weight excluding hydrogens is 274 g/mol. The zero-order valence-corrected chi connectivity index (χ0v) is 10.2. The summed E-state index contributed by atoms with van der Waals surface area (Å²) in [5, 5.41) is 19.5. The van der Waals surface area contributed by atoms with Gasteiger partial charge in [0.2, 0.25) is 5.15 Å². The first-order valence-corrected chi connectivity index (χ1v) is 5.52. The molecule has 0 saturated heterocycles. The molecule has 2 aromatic rings. The van der Waals surface area contributed by atoms with Crippen molar-refractivity contribution in [1.29, 1.82) is 0 Å². The van der Waals surface area contributed by atoms with E-state index in [1.165, 1.54) is 0 Å². The van der Waals surface area contributed by atoms with Gasteiger partial charge in [0.05, 0.1) is 11.5 Å². The van der Waals surface area contributed by atoms with E-state index >= 15 is 0 Å². The predicted molar refractivity (Wildman–Crippen MR) is 66.1 cm³/mol. The second kappa shape index (κ2) is 5.59. The summed E-state index contributed by atoms with van der Waals surface area (Å²) in [5.74, 6) is 0.108. The highest BCUT2D eigenvalue weighted by Gasteiger charge is 2.23. The lowest BCUT2D eigenvalue weighted by atomic mass is 10.2. The van der Waals surface area contributed by atoms with Crippen LogP contribution in [0.1, 0.15) is 5.56 Å². The number of halogens is 1. The highest BCUT2D eigenvalue weighted by molar-refractivity contribution is 6.31. The Morgan fingerprint density at radius 2 is 2.00 bits per heavy atom. The van der Waals surface area contributed by atoms with Crippen LogP contribution in [0.2, 0.25) is 5.15 Å². The average Bonchev–Trinajstić information content (AvgIpc) is 2.39. The molecule has 1 aromatic carbocycles. The van der Waals surface area contributed by atoms with Gasteiger partial charge in [-0.25, -0.2) is 4.98 Å². The molecule has 0 amide bonds. The number of aromatic nitrogens is 2. The number of benzene rings is 1. The van der Waals surface area contributed by atoms with E-state index in [1.54, 1.807) is 24.3 Å². The van der Waals surface area contributed by atoms with Gasteiger partial charge in [0.15, 0.2) is 0 Å². The van der Waals surface area contributed by atoms with Crippen molar-refractivity contribution in [3.05, 3.63) is 51.4 Å². The minimum Gasteiger partial charge on any atom is -0.434 e. The molecule has 7 nitrogen and oxygen atoms in total. The maximum absolute atomic E-state index is 10.9. The second-order valence-electron chi connectivity index (χ2n) is 3.48. The van der Waals surface area contributed by atoms with Crippen molar-refractivity contribution in [3.63, 3.8) is 0 Å². The first kappa shape index (κ1) is 13.2. The number of ether oxygens (including phenoxy) is 1. The van der Waals surface area contributed by atoms with Crippen LogP contribution in [0.3, 0.4) is 0 Å². The van der Waals surface area contributed by atoms with Gasteiger partial charge in [-0.15, -0.1) is 0 Å². The summed E-state index contributed by atoms with van der Waals surface area (Å²) in [6, 6.07) is 6.38. The number of nitro groups is 1. The Morgan fingerprint density at radius 3 is 2.58 bits per heavy atom. The fourth-order valence-corrected chi connectivity index (χ4v) is 1.54. The van der Waals surface area contributed by atoms with Crippen LogP contribution in [0, 0.1) is 10.1 Å². The van der Waals surface area contributed by atoms with E-state index < -0.39 is 10.6 Å². The summed E-state index contributed by atoms with van der Waals surface area (Å²) in [4.78, 5) is 17.4. The Morgan fingerprint density at radius 1 is 1.32 bits per heavy atom. The molecule has 8 heteroatoms. The summed E-state index contributed by atoms with van der Waals surface area (Å²) in [5.41, 5.74) is 0.206. The lowest BCUT2D eigenvalue weighted by Gasteiger charge is -2.05. The fraction of sp³-hybridized carbons (Fsp3) is 0.0909. The van der Waals surface area contributed by atoms with Crippen LogP contribution in [-0.2, 0) is 6.61 Å². The van der Waals surface area contributed by atoms with E-state index in [0.717, 1.165) is 6.33 Å². The third-order valence-corrected chi connectivity index (χ3v) is 2.52. The molecule has 0 spiro atoms. The molecule has 1 aromatic heterocycles. The summed E-state index contributed by atoms with van der Waals surface area (Å²) in [6.45, 7) is -0.0975. The number of hydrogen-bond donors (Lipinski definition) is 1. The van der Waals surface area contributed by atoms with Crippen molar-refractivity contribution >= 4 is 17.3 Å². The van der Waals surface area contributed by atoms with Gasteiger partial charge in [-0.2, -0.15) is 4.98 Å². The molecule has 1 heterocycles. The first-order valence-electron chi connectivity index (χ1n) is 5.14. The lowest BCUT2D eigenvalue weighted by Crippen LogP contribution is -1.98. The van der Waals surface area contributed by atoms with Gasteiger partial charge in [-0.05, 0) is 17.7 Å². The van der Waals surface area contributed by atoms with Crippen LogP contribution in [-0.4, -0.2) is 20.0 Å². The Balaban J connectivity index is 2.32. The Hall–Kier alpha value is -2.25. The van der Waals surface area contributed by atoms with Crippen molar-refractivity contribution in [2.45, 2.75) is 6.61 Å². The molecule has 0 aliphatic carbocycles. The largest absolute Gasteiger partial charge is 0.434 e. The molecule has 19 heavy (non-hydrogen) atoms. The van der Waals surface area contributed by atoms with Crippen LogP contribution in [0.25, 0.3) is 0 Å². The van der Waals surface area contributed by atoms with E-state index in [9.17, 15) is 10.1 Å². The molecular formula is C11H8ClN3O4. The maximum Gasteiger partial charge on any atom is 0.368 e. The molecule has 0 saturated carbocycles. The van der Waals surface area contributed by atoms with Gasteiger partial charge < -0.3 is 9.84 Å². The number of hydrogen-bond acceptors (Lipinski definition) is 6. The average molecular weight is 282 g/mol. The molecule has 2 rings (SSSR count). The van der Waals surface area contributed by atoms with Gasteiger partial charge in [0, 0.05) is 0 Å². The topological polar surface area (TPSA) is 98.4 Å². The van der Waals surface area contributed by atoms with Crippen molar-refractivity contribution < 1.29 is 14.8 Å². The first-order chi connectivity index (χ1) is 9.11. The van der Waals surface area contributed by atoms with E-state index in [-0.39, 0.29) is 17.6 Å². The third-order valence-electron chi connectivity index (χ3n) is 2.25. The van der Waals surface area contributed by atoms with Gasteiger partial charge in [-0.1, -0.05) is 23.7 Å². The monoisotopic (exact) mass is 281 g/mol. The lowest BCUT2D eigenvalue weighted by molar-refractivity contribution is -0.386. The van der Waals surface area contributed by atoms with E-state index in [2.05, 4.69) is 9.97 Å². The Kier molecular flexibility index (Phi) is 3.88. The molecule has 0 unspecified atom stereocenters. The second-order valence-corrected chi connectivity index (χ2v) is 3.84. The van der Waals surface area contributed by atoms with E-state index in [4.69, 9.17) is 21.4 Å². The van der Waals surface area contributed by atoms with Crippen LogP contribution >= 0.6 is 11.6 Å². The highest BCUT2D eigenvalue weighted by Crippen LogP contribution is 2.33. The zero-order chi connectivity index (χ0) is 13.8. The maximum atomic E-state index is 10.9. The standard InChI is InChI=1S/C11H8ClN3O4/c12-10-9(15(17)18)11(14-6-13-10)19-8-3-1-7(5-16)2-4-8/h1-4,6,16H,5H2. The van der Waals surface area contributed by atoms with Crippen molar-refractivity contribution in [2.75, 3.05) is 0 Å². The normalized spacial score (nSPS) is 10.2. The molecule has 0 atom stereocenters. The van der Waals surface area contributed by atoms with Crippen molar-refractivity contribution in [3.8, 4) is 11.6 Å². The van der Waals surface area contributed by atoms with Crippen LogP contribution in [0.4, 0.5) is 5.69 Å². The molecule has 0 aliphatic heterocycles. The minimum absolute atomic E-state index is 0.0975. The summed E-state index contributed by atoms with van der Waals surface area (Å²) >= 11 is 5.63. The van der Waals surface area contributed by atoms with Gasteiger partial charge in [0.25, 0.3) is 0 Å². The number of nitrogens with zero attached hydrogens (tertiary/aromatic N) is 3. The van der Waals surface area contributed by atoms with Crippen molar-refractivity contribution in [1.82, 2.24) is 9.97 Å². The van der Waals surface area contributed by atoms with Crippen molar-refractivity contribution in [2.24, 2.45) is 0 Å². The van der Waals surface area contributed by atoms with Crippen LogP contribution in [0.15, 0.2) is 30.6 Å². The number of aliphatic hydroxyl groups excluding tert-OH is 1. The SMILES string of the molecule is O=[N+]([O-])c1c(Cl)ncnc1Oc1ccc(CO)cc1. The fourth-order valence-electron chi connectivity index (χ4n) is 1.35. The van der Waals surface area contributed by atoms with E-state index in [1.807, 2.05) is 0 Å². The molecule has 0 bridgehead atoms. The van der Waals surface area contributed by atoms with Gasteiger partial charge >= 0.3 is 11.6 Å². The summed E-state index contributed by atoms with van der Waals surface area (Å²) in [7, 11) is 0. The molecule has 0 fully saturated rings. The predicted octanol–water partition coefficient (Wildman–Crippen LogP) is 2.32. The quantitative estimate of drug-likeness (QED) is 0.524. The van der Waals surface area contributed by atoms with Crippen LogP contribution < -0.4 is 4.74 Å². The third kappa shape index (κ3) is 2.95. The summed E-state index contributed by atoms with van der Waals surface area (Å²) in [6.07, 6.45) is 1.08. The molecule has 1 N–H and O–H groups in total. The van der Waals surface area contributed by atoms with E-state index in [0.29, 0.717) is 11.3 Å². The molecule has 98 valence electrons. The summed E-state index contributed by atoms with van der Waals surface area (Å²) < 4.78 is 5.29. The minimum atomic E-state index is -0.709. The van der Waals surface area contributed by atoms with Crippen LogP contribution in [0.5, 0.6) is 11.6 Å². The smallest absolute Gasteiger partial charge is 0.368 e. The number of aliphatic hydroxyl groups is 1. The van der Waals surface area contributed by atoms with Gasteiger partial charge in [-0.3, -0.25) is 10.1 Å². The van der Waals surface area contributed by atoms with Gasteiger partial charge in [0.1, 0.15) is 12.1 Å². The Bertz CT molecular complexity index is 603. The molecule has 0 aliphatic rings.